The summed E-state index contributed by atoms with van der Waals surface area (Å²) in [4.78, 5) is 13.4. The first-order valence-electron chi connectivity index (χ1n) is 6.31. The summed E-state index contributed by atoms with van der Waals surface area (Å²) in [6.45, 7) is 2.30. The standard InChI is InChI=1S/C12H16F3NO2/c1-10(3-2-4-18-10)9(17)16-7-8-5-11(16,6-8)12(13,14)15/h8H,2-7H2,1H3. The van der Waals surface area contributed by atoms with Crippen molar-refractivity contribution in [3.63, 3.8) is 0 Å². The smallest absolute Gasteiger partial charge is 0.365 e. The molecule has 0 aromatic rings. The van der Waals surface area contributed by atoms with Crippen LogP contribution < -0.4 is 0 Å². The van der Waals surface area contributed by atoms with Gasteiger partial charge in [-0.1, -0.05) is 0 Å². The Morgan fingerprint density at radius 1 is 1.39 bits per heavy atom. The van der Waals surface area contributed by atoms with Crippen LogP contribution in [0.2, 0.25) is 0 Å². The zero-order chi connectivity index (χ0) is 13.2. The molecule has 4 rings (SSSR count). The molecule has 4 aliphatic rings. The van der Waals surface area contributed by atoms with Crippen molar-refractivity contribution < 1.29 is 22.7 Å². The van der Waals surface area contributed by atoms with E-state index in [9.17, 15) is 18.0 Å². The molecule has 1 saturated carbocycles. The minimum Gasteiger partial charge on any atom is -0.365 e. The second kappa shape index (κ2) is 3.40. The van der Waals surface area contributed by atoms with Gasteiger partial charge in [-0.15, -0.1) is 0 Å². The van der Waals surface area contributed by atoms with Crippen molar-refractivity contribution in [2.75, 3.05) is 13.2 Å². The molecule has 1 amide bonds. The molecular weight excluding hydrogens is 247 g/mol. The SMILES string of the molecule is CC1(C(=O)N2CC3CC2(C(F)(F)F)C3)CCCO1. The predicted octanol–water partition coefficient (Wildman–Crippen LogP) is 2.11. The third-order valence-corrected chi connectivity index (χ3v) is 4.65. The molecule has 3 aliphatic heterocycles. The Morgan fingerprint density at radius 2 is 2.06 bits per heavy atom. The Bertz CT molecular complexity index is 381. The Hall–Kier alpha value is -0.780. The van der Waals surface area contributed by atoms with Crippen molar-refractivity contribution in [2.45, 2.75) is 49.9 Å². The van der Waals surface area contributed by atoms with E-state index in [-0.39, 0.29) is 25.3 Å². The van der Waals surface area contributed by atoms with E-state index < -0.39 is 23.2 Å². The first kappa shape index (κ1) is 12.3. The largest absolute Gasteiger partial charge is 0.411 e. The monoisotopic (exact) mass is 263 g/mol. The molecule has 0 N–H and O–H groups in total. The van der Waals surface area contributed by atoms with Crippen molar-refractivity contribution in [3.8, 4) is 0 Å². The molecule has 102 valence electrons. The van der Waals surface area contributed by atoms with Crippen LogP contribution in [0.3, 0.4) is 0 Å². The number of nitrogens with zero attached hydrogens (tertiary/aromatic N) is 1. The van der Waals surface area contributed by atoms with Gasteiger partial charge in [0.1, 0.15) is 11.1 Å². The van der Waals surface area contributed by atoms with Gasteiger partial charge in [-0.05, 0) is 38.5 Å². The molecule has 2 bridgehead atoms. The highest BCUT2D eigenvalue weighted by atomic mass is 19.4. The number of alkyl halides is 3. The van der Waals surface area contributed by atoms with Gasteiger partial charge in [0, 0.05) is 13.2 Å². The van der Waals surface area contributed by atoms with Crippen LogP contribution in [0.15, 0.2) is 0 Å². The number of hydrogen-bond donors (Lipinski definition) is 0. The zero-order valence-corrected chi connectivity index (χ0v) is 10.2. The second-order valence-corrected chi connectivity index (χ2v) is 5.90. The maximum atomic E-state index is 13.2. The number of halogens is 3. The van der Waals surface area contributed by atoms with Crippen molar-refractivity contribution in [1.29, 1.82) is 0 Å². The fourth-order valence-corrected chi connectivity index (χ4v) is 3.57. The number of ether oxygens (including phenoxy) is 1. The molecule has 3 saturated heterocycles. The third-order valence-electron chi connectivity index (χ3n) is 4.65. The lowest BCUT2D eigenvalue weighted by Gasteiger charge is -2.44. The normalized spacial score (nSPS) is 43.1. The minimum atomic E-state index is -4.33. The van der Waals surface area contributed by atoms with Crippen molar-refractivity contribution in [3.05, 3.63) is 0 Å². The van der Waals surface area contributed by atoms with E-state index in [1.54, 1.807) is 6.92 Å². The van der Waals surface area contributed by atoms with Crippen molar-refractivity contribution >= 4 is 5.91 Å². The molecule has 3 nitrogen and oxygen atoms in total. The fraction of sp³-hybridized carbons (Fsp3) is 0.917. The fourth-order valence-electron chi connectivity index (χ4n) is 3.57. The first-order valence-corrected chi connectivity index (χ1v) is 6.31. The van der Waals surface area contributed by atoms with Gasteiger partial charge in [0.05, 0.1) is 0 Å². The van der Waals surface area contributed by atoms with Gasteiger partial charge < -0.3 is 9.64 Å². The minimum absolute atomic E-state index is 0.0144. The molecule has 0 radical (unpaired) electrons. The lowest BCUT2D eigenvalue weighted by atomic mass is 9.72. The number of fused-ring (bicyclic) bond motifs is 1. The Labute approximate surface area is 103 Å². The molecule has 0 aromatic carbocycles. The average Bonchev–Trinajstić information content (AvgIpc) is 2.85. The molecule has 1 aliphatic carbocycles. The van der Waals surface area contributed by atoms with Crippen LogP contribution in [0, 0.1) is 5.92 Å². The summed E-state index contributed by atoms with van der Waals surface area (Å²) in [5.74, 6) is -0.460. The number of carbonyl (C=O) groups excluding carboxylic acids is 1. The predicted molar refractivity (Wildman–Crippen MR) is 56.8 cm³/mol. The van der Waals surface area contributed by atoms with Crippen LogP contribution in [0.1, 0.15) is 32.6 Å². The quantitative estimate of drug-likeness (QED) is 0.725. The molecule has 0 spiro atoms. The van der Waals surface area contributed by atoms with Crippen LogP contribution >= 0.6 is 0 Å². The second-order valence-electron chi connectivity index (χ2n) is 5.90. The van der Waals surface area contributed by atoms with Gasteiger partial charge in [0.15, 0.2) is 0 Å². The molecule has 1 unspecified atom stereocenters. The van der Waals surface area contributed by atoms with Crippen LogP contribution in [0.4, 0.5) is 13.2 Å². The van der Waals surface area contributed by atoms with Crippen molar-refractivity contribution in [1.82, 2.24) is 4.90 Å². The maximum Gasteiger partial charge on any atom is 0.411 e. The van der Waals surface area contributed by atoms with E-state index in [2.05, 4.69) is 0 Å². The number of rotatable bonds is 1. The molecule has 0 aromatic heterocycles. The summed E-state index contributed by atoms with van der Waals surface area (Å²) in [5, 5.41) is 0. The average molecular weight is 263 g/mol. The number of amides is 1. The van der Waals surface area contributed by atoms with E-state index in [1.807, 2.05) is 0 Å². The summed E-state index contributed by atoms with van der Waals surface area (Å²) in [5.41, 5.74) is -2.94. The molecule has 3 heterocycles. The summed E-state index contributed by atoms with van der Waals surface area (Å²) in [7, 11) is 0. The molecule has 1 atom stereocenters. The van der Waals surface area contributed by atoms with Crippen molar-refractivity contribution in [2.24, 2.45) is 5.92 Å². The van der Waals surface area contributed by atoms with Crippen LogP contribution in [-0.4, -0.2) is 41.3 Å². The van der Waals surface area contributed by atoms with E-state index >= 15 is 0 Å². The van der Waals surface area contributed by atoms with Gasteiger partial charge in [0.2, 0.25) is 0 Å². The van der Waals surface area contributed by atoms with Crippen LogP contribution in [0.5, 0.6) is 0 Å². The first-order chi connectivity index (χ1) is 8.29. The van der Waals surface area contributed by atoms with E-state index in [4.69, 9.17) is 4.74 Å². The molecular formula is C12H16F3NO2. The highest BCUT2D eigenvalue weighted by molar-refractivity contribution is 5.86. The molecule has 18 heavy (non-hydrogen) atoms. The van der Waals surface area contributed by atoms with Gasteiger partial charge in [0.25, 0.3) is 5.91 Å². The van der Waals surface area contributed by atoms with E-state index in [0.29, 0.717) is 13.0 Å². The summed E-state index contributed by atoms with van der Waals surface area (Å²) in [6, 6.07) is 0. The topological polar surface area (TPSA) is 29.5 Å². The van der Waals surface area contributed by atoms with Gasteiger partial charge in [-0.25, -0.2) is 0 Å². The van der Waals surface area contributed by atoms with Gasteiger partial charge in [-0.3, -0.25) is 4.79 Å². The number of carbonyl (C=O) groups is 1. The third kappa shape index (κ3) is 1.38. The number of hydrogen-bond acceptors (Lipinski definition) is 2. The Kier molecular flexibility index (Phi) is 2.32. The zero-order valence-electron chi connectivity index (χ0n) is 10.2. The van der Waals surface area contributed by atoms with E-state index in [1.165, 1.54) is 0 Å². The summed E-state index contributed by atoms with van der Waals surface area (Å²) in [6.07, 6.45) is -2.94. The Morgan fingerprint density at radius 3 is 2.56 bits per heavy atom. The summed E-state index contributed by atoms with van der Waals surface area (Å²) >= 11 is 0. The highest BCUT2D eigenvalue weighted by Gasteiger charge is 2.72. The van der Waals surface area contributed by atoms with Crippen LogP contribution in [-0.2, 0) is 9.53 Å². The lowest BCUT2D eigenvalue weighted by Crippen LogP contribution is -2.62. The lowest BCUT2D eigenvalue weighted by molar-refractivity contribution is -0.240. The van der Waals surface area contributed by atoms with Gasteiger partial charge >= 0.3 is 6.18 Å². The summed E-state index contributed by atoms with van der Waals surface area (Å²) < 4.78 is 44.9. The molecule has 6 heteroatoms. The highest BCUT2D eigenvalue weighted by Crippen LogP contribution is 2.59. The maximum absolute atomic E-state index is 13.2. The van der Waals surface area contributed by atoms with E-state index in [0.717, 1.165) is 11.3 Å². The van der Waals surface area contributed by atoms with Gasteiger partial charge in [-0.2, -0.15) is 13.2 Å². The van der Waals surface area contributed by atoms with Crippen LogP contribution in [0.25, 0.3) is 0 Å². The Balaban J connectivity index is 1.87. The molecule has 4 fully saturated rings.